The highest BCUT2D eigenvalue weighted by molar-refractivity contribution is 7.89. The average molecular weight is 293 g/mol. The molecule has 2 N–H and O–H groups in total. The Hall–Kier alpha value is -2.37. The highest BCUT2D eigenvalue weighted by Gasteiger charge is 2.28. The summed E-state index contributed by atoms with van der Waals surface area (Å²) in [6, 6.07) is 3.18. The van der Waals surface area contributed by atoms with E-state index in [9.17, 15) is 13.2 Å². The van der Waals surface area contributed by atoms with Gasteiger partial charge in [-0.25, -0.2) is 13.4 Å². The topological polar surface area (TPSA) is 103 Å². The average Bonchev–Trinajstić information content (AvgIpc) is 2.82. The van der Waals surface area contributed by atoms with E-state index in [1.165, 1.54) is 12.4 Å². The second kappa shape index (κ2) is 5.32. The molecular weight excluding hydrogens is 282 g/mol. The van der Waals surface area contributed by atoms with Crippen molar-refractivity contribution in [1.82, 2.24) is 14.3 Å². The number of aromatic nitrogens is 2. The Morgan fingerprint density at radius 2 is 2.30 bits per heavy atom. The number of hydrogen-bond donors (Lipinski definition) is 2. The van der Waals surface area contributed by atoms with E-state index in [1.54, 1.807) is 12.1 Å². The van der Waals surface area contributed by atoms with Crippen molar-refractivity contribution in [2.75, 3.05) is 13.1 Å². The van der Waals surface area contributed by atoms with Gasteiger partial charge in [0.15, 0.2) is 0 Å². The minimum absolute atomic E-state index is 0.0444. The highest BCUT2D eigenvalue weighted by atomic mass is 32.2. The van der Waals surface area contributed by atoms with Crippen LogP contribution in [0.1, 0.15) is 0 Å². The van der Waals surface area contributed by atoms with Crippen molar-refractivity contribution < 1.29 is 18.3 Å². The summed E-state index contributed by atoms with van der Waals surface area (Å²) in [5.41, 5.74) is 0.405. The molecule has 0 aliphatic heterocycles. The molecule has 0 aromatic carbocycles. The Kier molecular flexibility index (Phi) is 3.74. The summed E-state index contributed by atoms with van der Waals surface area (Å²) in [5, 5.41) is 9.18. The molecule has 0 fully saturated rings. The Labute approximate surface area is 115 Å². The van der Waals surface area contributed by atoms with E-state index < -0.39 is 22.5 Å². The van der Waals surface area contributed by atoms with Gasteiger partial charge in [-0.15, -0.1) is 6.42 Å². The molecule has 104 valence electrons. The van der Waals surface area contributed by atoms with Crippen LogP contribution in [0, 0.1) is 12.3 Å². The Morgan fingerprint density at radius 3 is 2.95 bits per heavy atom. The van der Waals surface area contributed by atoms with E-state index in [1.807, 2.05) is 0 Å². The Bertz CT molecular complexity index is 788. The molecule has 0 bridgehead atoms. The maximum absolute atomic E-state index is 12.5. The number of aromatic amines is 1. The Balaban J connectivity index is 2.52. The molecular formula is C12H11N3O4S. The van der Waals surface area contributed by atoms with Gasteiger partial charge in [0.05, 0.1) is 6.54 Å². The molecule has 8 heteroatoms. The summed E-state index contributed by atoms with van der Waals surface area (Å²) in [7, 11) is -4.00. The zero-order valence-electron chi connectivity index (χ0n) is 10.3. The molecule has 0 saturated heterocycles. The number of aliphatic carboxylic acids is 1. The Morgan fingerprint density at radius 1 is 1.55 bits per heavy atom. The summed E-state index contributed by atoms with van der Waals surface area (Å²) in [6.07, 6.45) is 7.89. The van der Waals surface area contributed by atoms with Crippen molar-refractivity contribution in [2.24, 2.45) is 0 Å². The van der Waals surface area contributed by atoms with Crippen LogP contribution >= 0.6 is 0 Å². The number of carboxylic acid groups (broad SMARTS) is 1. The van der Waals surface area contributed by atoms with E-state index in [4.69, 9.17) is 11.5 Å². The summed E-state index contributed by atoms with van der Waals surface area (Å²) in [5.74, 6) is 0.871. The van der Waals surface area contributed by atoms with Crippen LogP contribution < -0.4 is 0 Å². The van der Waals surface area contributed by atoms with Gasteiger partial charge in [0.25, 0.3) is 0 Å². The van der Waals surface area contributed by atoms with E-state index >= 15 is 0 Å². The van der Waals surface area contributed by atoms with Gasteiger partial charge in [0.2, 0.25) is 10.0 Å². The maximum Gasteiger partial charge on any atom is 0.318 e. The van der Waals surface area contributed by atoms with Crippen molar-refractivity contribution in [3.8, 4) is 12.3 Å². The van der Waals surface area contributed by atoms with Gasteiger partial charge in [-0.1, -0.05) is 5.92 Å². The van der Waals surface area contributed by atoms with E-state index in [2.05, 4.69) is 15.9 Å². The molecule has 0 aliphatic rings. The molecule has 0 aliphatic carbocycles. The number of H-pyrrole nitrogens is 1. The van der Waals surface area contributed by atoms with Crippen molar-refractivity contribution >= 4 is 27.0 Å². The third-order valence-corrected chi connectivity index (χ3v) is 4.44. The SMILES string of the molecule is C#CCN(CC(=O)O)S(=O)(=O)c1c[nH]c2ncccc12. The monoisotopic (exact) mass is 293 g/mol. The molecule has 0 atom stereocenters. The number of nitrogens with zero attached hydrogens (tertiary/aromatic N) is 2. The van der Waals surface area contributed by atoms with E-state index in [-0.39, 0.29) is 11.4 Å². The van der Waals surface area contributed by atoms with Gasteiger partial charge in [-0.2, -0.15) is 4.31 Å². The third-order valence-electron chi connectivity index (χ3n) is 2.61. The fourth-order valence-electron chi connectivity index (χ4n) is 1.76. The van der Waals surface area contributed by atoms with Gasteiger partial charge in [0.1, 0.15) is 17.1 Å². The summed E-state index contributed by atoms with van der Waals surface area (Å²) in [6.45, 7) is -1.01. The van der Waals surface area contributed by atoms with Crippen LogP contribution in [-0.2, 0) is 14.8 Å². The maximum atomic E-state index is 12.5. The molecule has 0 unspecified atom stereocenters. The number of rotatable bonds is 5. The van der Waals surface area contributed by atoms with Crippen LogP contribution in [0.3, 0.4) is 0 Å². The van der Waals surface area contributed by atoms with Crippen LogP contribution in [0.25, 0.3) is 11.0 Å². The largest absolute Gasteiger partial charge is 0.480 e. The summed E-state index contributed by atoms with van der Waals surface area (Å²) in [4.78, 5) is 17.4. The van der Waals surface area contributed by atoms with E-state index in [0.717, 1.165) is 4.31 Å². The molecule has 0 saturated carbocycles. The second-order valence-electron chi connectivity index (χ2n) is 3.92. The smallest absolute Gasteiger partial charge is 0.318 e. The second-order valence-corrected chi connectivity index (χ2v) is 5.83. The van der Waals surface area contributed by atoms with Gasteiger partial charge >= 0.3 is 5.97 Å². The first-order valence-corrected chi connectivity index (χ1v) is 6.98. The minimum atomic E-state index is -4.00. The number of sulfonamides is 1. The van der Waals surface area contributed by atoms with Crippen LogP contribution in [0.4, 0.5) is 0 Å². The minimum Gasteiger partial charge on any atom is -0.480 e. The van der Waals surface area contributed by atoms with Crippen LogP contribution in [0.5, 0.6) is 0 Å². The van der Waals surface area contributed by atoms with Crippen molar-refractivity contribution in [2.45, 2.75) is 4.90 Å². The van der Waals surface area contributed by atoms with Crippen LogP contribution in [0.2, 0.25) is 0 Å². The first kappa shape index (κ1) is 14.0. The van der Waals surface area contributed by atoms with E-state index in [0.29, 0.717) is 11.0 Å². The molecule has 7 nitrogen and oxygen atoms in total. The van der Waals surface area contributed by atoms with Crippen LogP contribution in [-0.4, -0.2) is 46.9 Å². The zero-order valence-corrected chi connectivity index (χ0v) is 11.1. The van der Waals surface area contributed by atoms with Gasteiger partial charge < -0.3 is 10.1 Å². The molecule has 2 aromatic rings. The molecule has 0 amide bonds. The normalized spacial score (nSPS) is 11.6. The van der Waals surface area contributed by atoms with Gasteiger partial charge in [-0.05, 0) is 12.1 Å². The van der Waals surface area contributed by atoms with Gasteiger partial charge in [-0.3, -0.25) is 4.79 Å². The third kappa shape index (κ3) is 2.49. The first-order chi connectivity index (χ1) is 9.46. The highest BCUT2D eigenvalue weighted by Crippen LogP contribution is 2.23. The predicted molar refractivity (Wildman–Crippen MR) is 71.3 cm³/mol. The number of pyridine rings is 1. The standard InChI is InChI=1S/C12H11N3O4S/c1-2-6-15(8-11(16)17)20(18,19)10-7-14-12-9(10)4-3-5-13-12/h1,3-5,7H,6,8H2,(H,13,14)(H,16,17). The quantitative estimate of drug-likeness (QED) is 0.770. The first-order valence-electron chi connectivity index (χ1n) is 5.54. The number of carbonyl (C=O) groups is 1. The number of carboxylic acids is 1. The van der Waals surface area contributed by atoms with Gasteiger partial charge in [0, 0.05) is 17.8 Å². The number of terminal acetylenes is 1. The lowest BCUT2D eigenvalue weighted by Gasteiger charge is -2.17. The van der Waals surface area contributed by atoms with Crippen molar-refractivity contribution in [3.63, 3.8) is 0 Å². The lowest BCUT2D eigenvalue weighted by Crippen LogP contribution is -2.35. The fourth-order valence-corrected chi connectivity index (χ4v) is 3.22. The summed E-state index contributed by atoms with van der Waals surface area (Å²) >= 11 is 0. The molecule has 2 heterocycles. The van der Waals surface area contributed by atoms with Crippen LogP contribution in [0.15, 0.2) is 29.4 Å². The molecule has 0 radical (unpaired) electrons. The number of hydrogen-bond acceptors (Lipinski definition) is 4. The van der Waals surface area contributed by atoms with Crippen molar-refractivity contribution in [1.29, 1.82) is 0 Å². The fraction of sp³-hybridized carbons (Fsp3) is 0.167. The molecule has 2 rings (SSSR count). The number of nitrogens with one attached hydrogen (secondary N) is 1. The molecule has 20 heavy (non-hydrogen) atoms. The molecule has 2 aromatic heterocycles. The molecule has 0 spiro atoms. The predicted octanol–water partition coefficient (Wildman–Crippen LogP) is 0.271. The van der Waals surface area contributed by atoms with Crippen molar-refractivity contribution in [3.05, 3.63) is 24.5 Å². The number of fused-ring (bicyclic) bond motifs is 1. The lowest BCUT2D eigenvalue weighted by atomic mass is 10.3. The summed E-state index contributed by atoms with van der Waals surface area (Å²) < 4.78 is 25.6. The lowest BCUT2D eigenvalue weighted by molar-refractivity contribution is -0.137. The zero-order chi connectivity index (χ0) is 14.8.